The van der Waals surface area contributed by atoms with E-state index in [1.54, 1.807) is 13.0 Å². The van der Waals surface area contributed by atoms with Crippen LogP contribution < -0.4 is 0 Å². The van der Waals surface area contributed by atoms with Crippen molar-refractivity contribution < 1.29 is 23.1 Å². The Kier molecular flexibility index (Phi) is 4.34. The second-order valence-electron chi connectivity index (χ2n) is 5.34. The van der Waals surface area contributed by atoms with Crippen molar-refractivity contribution in [1.29, 1.82) is 0 Å². The van der Waals surface area contributed by atoms with E-state index in [-0.39, 0.29) is 5.56 Å². The Morgan fingerprint density at radius 3 is 2.76 bits per heavy atom. The summed E-state index contributed by atoms with van der Waals surface area (Å²) in [6.07, 6.45) is -1.77. The number of nitrogens with zero attached hydrogens (tertiary/aromatic N) is 3. The van der Waals surface area contributed by atoms with Gasteiger partial charge in [-0.3, -0.25) is 4.68 Å². The van der Waals surface area contributed by atoms with Gasteiger partial charge < -0.3 is 5.11 Å². The largest absolute Gasteiger partial charge is 0.478 e. The van der Waals surface area contributed by atoms with Gasteiger partial charge in [-0.25, -0.2) is 9.78 Å². The number of alkyl halides is 3. The summed E-state index contributed by atoms with van der Waals surface area (Å²) in [4.78, 5) is 16.0. The lowest BCUT2D eigenvalue weighted by atomic mass is 10.1. The Hall–Kier alpha value is -2.68. The molecule has 0 atom stereocenters. The number of carboxylic acid groups (broad SMARTS) is 1. The van der Waals surface area contributed by atoms with Crippen molar-refractivity contribution in [3.05, 3.63) is 58.4 Å². The van der Waals surface area contributed by atoms with Crippen molar-refractivity contribution in [2.24, 2.45) is 0 Å². The van der Waals surface area contributed by atoms with E-state index in [4.69, 9.17) is 5.11 Å². The summed E-state index contributed by atoms with van der Waals surface area (Å²) < 4.78 is 40.0. The Morgan fingerprint density at radius 1 is 1.36 bits per heavy atom. The topological polar surface area (TPSA) is 68.0 Å². The molecule has 2 aromatic heterocycles. The zero-order valence-electron chi connectivity index (χ0n) is 12.9. The second kappa shape index (κ2) is 6.32. The summed E-state index contributed by atoms with van der Waals surface area (Å²) in [7, 11) is 0. The molecule has 130 valence electrons. The van der Waals surface area contributed by atoms with E-state index < -0.39 is 17.7 Å². The quantitative estimate of drug-likeness (QED) is 0.754. The van der Waals surface area contributed by atoms with Crippen LogP contribution in [0.4, 0.5) is 13.2 Å². The zero-order chi connectivity index (χ0) is 18.2. The molecule has 0 saturated carbocycles. The Bertz CT molecular complexity index is 931. The van der Waals surface area contributed by atoms with Gasteiger partial charge in [0.2, 0.25) is 0 Å². The maximum absolute atomic E-state index is 12.8. The van der Waals surface area contributed by atoms with Crippen LogP contribution in [0.25, 0.3) is 10.6 Å². The third kappa shape index (κ3) is 3.71. The van der Waals surface area contributed by atoms with Gasteiger partial charge in [-0.2, -0.15) is 18.3 Å². The summed E-state index contributed by atoms with van der Waals surface area (Å²) in [5, 5.41) is 13.4. The molecule has 0 radical (unpaired) electrons. The first kappa shape index (κ1) is 17.2. The number of aromatic nitrogens is 3. The summed E-state index contributed by atoms with van der Waals surface area (Å²) in [5.74, 6) is -1.07. The lowest BCUT2D eigenvalue weighted by Crippen LogP contribution is -2.04. The minimum absolute atomic E-state index is 0.0697. The smallest absolute Gasteiger partial charge is 0.416 e. The maximum atomic E-state index is 12.8. The molecule has 0 amide bonds. The second-order valence-corrected chi connectivity index (χ2v) is 6.42. The van der Waals surface area contributed by atoms with Gasteiger partial charge in [-0.1, -0.05) is 12.1 Å². The molecule has 3 rings (SSSR count). The average molecular weight is 367 g/mol. The minimum atomic E-state index is -4.41. The molecule has 3 aromatic rings. The third-order valence-corrected chi connectivity index (χ3v) is 4.71. The molecular formula is C16H12F3N3O2S. The maximum Gasteiger partial charge on any atom is 0.416 e. The van der Waals surface area contributed by atoms with Crippen molar-refractivity contribution >= 4 is 17.3 Å². The molecule has 0 aliphatic heterocycles. The summed E-state index contributed by atoms with van der Waals surface area (Å²) in [6, 6.07) is 5.01. The minimum Gasteiger partial charge on any atom is -0.478 e. The van der Waals surface area contributed by atoms with Crippen molar-refractivity contribution in [3.63, 3.8) is 0 Å². The average Bonchev–Trinajstić information content (AvgIpc) is 3.15. The third-order valence-electron chi connectivity index (χ3n) is 3.52. The number of halogens is 3. The number of hydrogen-bond acceptors (Lipinski definition) is 4. The molecule has 0 aliphatic rings. The van der Waals surface area contributed by atoms with Crippen LogP contribution in [0.1, 0.15) is 26.5 Å². The predicted molar refractivity (Wildman–Crippen MR) is 85.6 cm³/mol. The van der Waals surface area contributed by atoms with Crippen LogP contribution in [0.15, 0.2) is 36.7 Å². The Morgan fingerprint density at radius 2 is 2.12 bits per heavy atom. The SMILES string of the molecule is Cc1nc(-c2cccc(C(F)(F)F)c2)sc1Cn1cc(C(=O)O)cn1. The fourth-order valence-corrected chi connectivity index (χ4v) is 3.29. The van der Waals surface area contributed by atoms with Crippen LogP contribution in [0.2, 0.25) is 0 Å². The van der Waals surface area contributed by atoms with Gasteiger partial charge in [0.15, 0.2) is 0 Å². The molecule has 1 aromatic carbocycles. The van der Waals surface area contributed by atoms with Gasteiger partial charge in [0.25, 0.3) is 0 Å². The number of aryl methyl sites for hydroxylation is 1. The van der Waals surface area contributed by atoms with Gasteiger partial charge in [-0.15, -0.1) is 11.3 Å². The molecule has 0 fully saturated rings. The highest BCUT2D eigenvalue weighted by Gasteiger charge is 2.30. The number of rotatable bonds is 4. The van der Waals surface area contributed by atoms with Crippen LogP contribution in [-0.2, 0) is 12.7 Å². The first-order chi connectivity index (χ1) is 11.7. The van der Waals surface area contributed by atoms with E-state index in [1.807, 2.05) is 0 Å². The van der Waals surface area contributed by atoms with Crippen molar-refractivity contribution in [3.8, 4) is 10.6 Å². The van der Waals surface area contributed by atoms with E-state index in [1.165, 1.54) is 34.5 Å². The number of carbonyl (C=O) groups is 1. The number of aromatic carboxylic acids is 1. The van der Waals surface area contributed by atoms with Gasteiger partial charge in [0.05, 0.1) is 29.6 Å². The van der Waals surface area contributed by atoms with Gasteiger partial charge in [0, 0.05) is 16.6 Å². The highest BCUT2D eigenvalue weighted by Crippen LogP contribution is 2.34. The molecule has 25 heavy (non-hydrogen) atoms. The standard InChI is InChI=1S/C16H12F3N3O2S/c1-9-13(8-22-7-11(6-20-22)15(23)24)25-14(21-9)10-3-2-4-12(5-10)16(17,18)19/h2-7H,8H2,1H3,(H,23,24). The van der Waals surface area contributed by atoms with Gasteiger partial charge in [0.1, 0.15) is 5.01 Å². The fourth-order valence-electron chi connectivity index (χ4n) is 2.23. The number of benzene rings is 1. The summed E-state index contributed by atoms with van der Waals surface area (Å²) in [5.41, 5.74) is 0.406. The molecule has 5 nitrogen and oxygen atoms in total. The highest BCUT2D eigenvalue weighted by molar-refractivity contribution is 7.15. The van der Waals surface area contributed by atoms with Crippen LogP contribution in [0.3, 0.4) is 0 Å². The Balaban J connectivity index is 1.88. The normalized spacial score (nSPS) is 11.7. The Labute approximate surface area is 144 Å². The molecule has 0 saturated heterocycles. The van der Waals surface area contributed by atoms with Gasteiger partial charge >= 0.3 is 12.1 Å². The van der Waals surface area contributed by atoms with Crippen molar-refractivity contribution in [2.75, 3.05) is 0 Å². The van der Waals surface area contributed by atoms with Crippen LogP contribution >= 0.6 is 11.3 Å². The van der Waals surface area contributed by atoms with Crippen LogP contribution in [-0.4, -0.2) is 25.8 Å². The van der Waals surface area contributed by atoms with Crippen LogP contribution in [0.5, 0.6) is 0 Å². The van der Waals surface area contributed by atoms with Gasteiger partial charge in [-0.05, 0) is 19.1 Å². The zero-order valence-corrected chi connectivity index (χ0v) is 13.7. The van der Waals surface area contributed by atoms with E-state index in [9.17, 15) is 18.0 Å². The molecule has 0 aliphatic carbocycles. The lowest BCUT2D eigenvalue weighted by molar-refractivity contribution is -0.137. The predicted octanol–water partition coefficient (Wildman–Crippen LogP) is 4.08. The van der Waals surface area contributed by atoms with E-state index >= 15 is 0 Å². The monoisotopic (exact) mass is 367 g/mol. The summed E-state index contributed by atoms with van der Waals surface area (Å²) in [6.45, 7) is 2.06. The first-order valence-corrected chi connectivity index (χ1v) is 7.95. The van der Waals surface area contributed by atoms with Crippen LogP contribution in [0, 0.1) is 6.92 Å². The van der Waals surface area contributed by atoms with Crippen molar-refractivity contribution in [1.82, 2.24) is 14.8 Å². The number of thiazole rings is 1. The molecule has 0 unspecified atom stereocenters. The fraction of sp³-hybridized carbons (Fsp3) is 0.188. The molecule has 2 heterocycles. The lowest BCUT2D eigenvalue weighted by Gasteiger charge is -2.07. The van der Waals surface area contributed by atoms with E-state index in [2.05, 4.69) is 10.1 Å². The molecule has 0 spiro atoms. The molecule has 1 N–H and O–H groups in total. The molecule has 0 bridgehead atoms. The number of carboxylic acids is 1. The van der Waals surface area contributed by atoms with E-state index in [0.717, 1.165) is 17.0 Å². The molecule has 9 heteroatoms. The van der Waals surface area contributed by atoms with Crippen molar-refractivity contribution in [2.45, 2.75) is 19.6 Å². The first-order valence-electron chi connectivity index (χ1n) is 7.14. The number of hydrogen-bond donors (Lipinski definition) is 1. The highest BCUT2D eigenvalue weighted by atomic mass is 32.1. The molecular weight excluding hydrogens is 355 g/mol. The summed E-state index contributed by atoms with van der Waals surface area (Å²) >= 11 is 1.26. The van der Waals surface area contributed by atoms with E-state index in [0.29, 0.717) is 22.8 Å².